The van der Waals surface area contributed by atoms with Crippen LogP contribution >= 0.6 is 0 Å². The number of Topliss-reactive ketones (excluding diaryl/α,β-unsaturated/α-hetero) is 1. The Balaban J connectivity index is 1.83. The van der Waals surface area contributed by atoms with Gasteiger partial charge < -0.3 is 0 Å². The van der Waals surface area contributed by atoms with Gasteiger partial charge in [-0.2, -0.15) is 0 Å². The van der Waals surface area contributed by atoms with Gasteiger partial charge in [0.2, 0.25) is 0 Å². The fourth-order valence-electron chi connectivity index (χ4n) is 3.75. The predicted octanol–water partition coefficient (Wildman–Crippen LogP) is 4.94. The maximum Gasteiger partial charge on any atom is 0.133 e. The highest BCUT2D eigenvalue weighted by Gasteiger charge is 2.34. The van der Waals surface area contributed by atoms with Crippen LogP contribution < -0.4 is 0 Å². The molecule has 0 spiro atoms. The van der Waals surface area contributed by atoms with Gasteiger partial charge in [0.15, 0.2) is 0 Å². The molecule has 0 N–H and O–H groups in total. The molecule has 0 aliphatic heterocycles. The van der Waals surface area contributed by atoms with E-state index in [1.165, 1.54) is 17.5 Å². The Morgan fingerprint density at radius 2 is 1.43 bits per heavy atom. The van der Waals surface area contributed by atoms with Crippen molar-refractivity contribution in [3.05, 3.63) is 71.8 Å². The molecule has 1 saturated carbocycles. The number of benzene rings is 2. The highest BCUT2D eigenvalue weighted by atomic mass is 16.1. The maximum atomic E-state index is 12.2. The van der Waals surface area contributed by atoms with E-state index < -0.39 is 0 Å². The Labute approximate surface area is 127 Å². The molecule has 0 unspecified atom stereocenters. The number of ketones is 1. The van der Waals surface area contributed by atoms with Gasteiger partial charge in [0, 0.05) is 5.92 Å². The van der Waals surface area contributed by atoms with Gasteiger partial charge in [-0.05, 0) is 49.1 Å². The molecule has 0 aromatic heterocycles. The van der Waals surface area contributed by atoms with Crippen molar-refractivity contribution in [1.29, 1.82) is 0 Å². The normalized spacial score (nSPS) is 25.5. The van der Waals surface area contributed by atoms with Crippen LogP contribution in [-0.2, 0) is 4.79 Å². The van der Waals surface area contributed by atoms with E-state index in [4.69, 9.17) is 0 Å². The van der Waals surface area contributed by atoms with Crippen molar-refractivity contribution in [2.75, 3.05) is 0 Å². The zero-order chi connectivity index (χ0) is 14.7. The van der Waals surface area contributed by atoms with Gasteiger partial charge >= 0.3 is 0 Å². The van der Waals surface area contributed by atoms with E-state index >= 15 is 0 Å². The minimum Gasteiger partial charge on any atom is -0.300 e. The van der Waals surface area contributed by atoms with Crippen LogP contribution in [0.2, 0.25) is 0 Å². The minimum atomic E-state index is 0.159. The van der Waals surface area contributed by atoms with Gasteiger partial charge in [-0.1, -0.05) is 60.7 Å². The second-order valence-electron chi connectivity index (χ2n) is 6.15. The summed E-state index contributed by atoms with van der Waals surface area (Å²) in [6.45, 7) is 1.76. The highest BCUT2D eigenvalue weighted by Crippen LogP contribution is 2.44. The van der Waals surface area contributed by atoms with Crippen LogP contribution in [0.25, 0.3) is 0 Å². The molecule has 1 fully saturated rings. The first kappa shape index (κ1) is 14.1. The Morgan fingerprint density at radius 1 is 0.857 bits per heavy atom. The van der Waals surface area contributed by atoms with Crippen LogP contribution in [0.15, 0.2) is 60.7 Å². The molecule has 3 rings (SSSR count). The summed E-state index contributed by atoms with van der Waals surface area (Å²) in [6.07, 6.45) is 3.26. The molecular weight excluding hydrogens is 256 g/mol. The van der Waals surface area contributed by atoms with E-state index in [2.05, 4.69) is 54.6 Å². The third-order valence-electron chi connectivity index (χ3n) is 4.87. The molecule has 1 nitrogen and oxygen atoms in total. The number of hydrogen-bond acceptors (Lipinski definition) is 1. The number of carbonyl (C=O) groups is 1. The van der Waals surface area contributed by atoms with Gasteiger partial charge in [-0.25, -0.2) is 0 Å². The molecule has 0 radical (unpaired) electrons. The third kappa shape index (κ3) is 3.07. The summed E-state index contributed by atoms with van der Waals surface area (Å²) in [4.78, 5) is 12.2. The van der Waals surface area contributed by atoms with E-state index in [1.54, 1.807) is 6.92 Å². The SMILES string of the molecule is CC(=O)[C@H]1C[C@H](c2ccccc2)CC[C@@H]1c1ccccc1. The fourth-order valence-corrected chi connectivity index (χ4v) is 3.75. The van der Waals surface area contributed by atoms with Crippen LogP contribution in [-0.4, -0.2) is 5.78 Å². The average molecular weight is 278 g/mol. The number of hydrogen-bond donors (Lipinski definition) is 0. The molecule has 1 aliphatic rings. The van der Waals surface area contributed by atoms with Crippen molar-refractivity contribution in [3.8, 4) is 0 Å². The zero-order valence-electron chi connectivity index (χ0n) is 12.5. The average Bonchev–Trinajstić information content (AvgIpc) is 2.56. The Hall–Kier alpha value is -1.89. The largest absolute Gasteiger partial charge is 0.300 e. The first-order valence-corrected chi connectivity index (χ1v) is 7.86. The predicted molar refractivity (Wildman–Crippen MR) is 86.4 cm³/mol. The van der Waals surface area contributed by atoms with Crippen molar-refractivity contribution in [2.45, 2.75) is 38.0 Å². The lowest BCUT2D eigenvalue weighted by molar-refractivity contribution is -0.122. The summed E-state index contributed by atoms with van der Waals surface area (Å²) in [7, 11) is 0. The van der Waals surface area contributed by atoms with E-state index in [1.807, 2.05) is 6.07 Å². The Kier molecular flexibility index (Phi) is 4.19. The lowest BCUT2D eigenvalue weighted by atomic mass is 9.68. The summed E-state index contributed by atoms with van der Waals surface area (Å²) in [5, 5.41) is 0. The van der Waals surface area contributed by atoms with Gasteiger partial charge in [0.1, 0.15) is 5.78 Å². The van der Waals surface area contributed by atoms with E-state index in [0.29, 0.717) is 17.6 Å². The van der Waals surface area contributed by atoms with Gasteiger partial charge in [0.25, 0.3) is 0 Å². The highest BCUT2D eigenvalue weighted by molar-refractivity contribution is 5.79. The Bertz CT molecular complexity index is 588. The maximum absolute atomic E-state index is 12.2. The lowest BCUT2D eigenvalue weighted by Gasteiger charge is -2.35. The number of rotatable bonds is 3. The van der Waals surface area contributed by atoms with E-state index in [-0.39, 0.29) is 5.92 Å². The van der Waals surface area contributed by atoms with Crippen LogP contribution in [0.5, 0.6) is 0 Å². The first-order valence-electron chi connectivity index (χ1n) is 7.86. The van der Waals surface area contributed by atoms with Crippen LogP contribution in [0.3, 0.4) is 0 Å². The molecule has 1 heteroatoms. The molecule has 2 aromatic rings. The molecular formula is C20H22O. The summed E-state index contributed by atoms with van der Waals surface area (Å²) >= 11 is 0. The molecule has 108 valence electrons. The van der Waals surface area contributed by atoms with Gasteiger partial charge in [-0.3, -0.25) is 4.79 Å². The molecule has 21 heavy (non-hydrogen) atoms. The monoisotopic (exact) mass is 278 g/mol. The minimum absolute atomic E-state index is 0.159. The molecule has 2 aromatic carbocycles. The van der Waals surface area contributed by atoms with E-state index in [0.717, 1.165) is 12.8 Å². The standard InChI is InChI=1S/C20H22O/c1-15(21)20-14-18(16-8-4-2-5-9-16)12-13-19(20)17-10-6-3-7-11-17/h2-11,18-20H,12-14H2,1H3/t18-,19-,20-/m1/s1. The molecule has 0 amide bonds. The topological polar surface area (TPSA) is 17.1 Å². The van der Waals surface area contributed by atoms with Crippen molar-refractivity contribution < 1.29 is 4.79 Å². The van der Waals surface area contributed by atoms with Crippen molar-refractivity contribution in [3.63, 3.8) is 0 Å². The summed E-state index contributed by atoms with van der Waals surface area (Å²) in [5.74, 6) is 1.42. The second-order valence-corrected chi connectivity index (χ2v) is 6.15. The van der Waals surface area contributed by atoms with Crippen LogP contribution in [0, 0.1) is 5.92 Å². The summed E-state index contributed by atoms with van der Waals surface area (Å²) in [5.41, 5.74) is 2.71. The van der Waals surface area contributed by atoms with Crippen LogP contribution in [0.4, 0.5) is 0 Å². The van der Waals surface area contributed by atoms with Crippen molar-refractivity contribution in [2.24, 2.45) is 5.92 Å². The zero-order valence-corrected chi connectivity index (χ0v) is 12.5. The van der Waals surface area contributed by atoms with Crippen LogP contribution in [0.1, 0.15) is 49.1 Å². The molecule has 0 bridgehead atoms. The van der Waals surface area contributed by atoms with Crippen molar-refractivity contribution in [1.82, 2.24) is 0 Å². The quantitative estimate of drug-likeness (QED) is 0.777. The lowest BCUT2D eigenvalue weighted by Crippen LogP contribution is -2.27. The Morgan fingerprint density at radius 3 is 2.00 bits per heavy atom. The fraction of sp³-hybridized carbons (Fsp3) is 0.350. The number of carbonyl (C=O) groups excluding carboxylic acids is 1. The van der Waals surface area contributed by atoms with Gasteiger partial charge in [0.05, 0.1) is 0 Å². The van der Waals surface area contributed by atoms with Crippen molar-refractivity contribution >= 4 is 5.78 Å². The molecule has 0 saturated heterocycles. The second kappa shape index (κ2) is 6.26. The summed E-state index contributed by atoms with van der Waals surface area (Å²) < 4.78 is 0. The van der Waals surface area contributed by atoms with Gasteiger partial charge in [-0.15, -0.1) is 0 Å². The summed E-state index contributed by atoms with van der Waals surface area (Å²) in [6, 6.07) is 21.2. The third-order valence-corrected chi connectivity index (χ3v) is 4.87. The first-order chi connectivity index (χ1) is 10.3. The molecule has 3 atom stereocenters. The smallest absolute Gasteiger partial charge is 0.133 e. The molecule has 1 aliphatic carbocycles. The van der Waals surface area contributed by atoms with E-state index in [9.17, 15) is 4.79 Å². The molecule has 0 heterocycles.